The maximum absolute atomic E-state index is 16.1. The Kier molecular flexibility index (Phi) is 9.42. The van der Waals surface area contributed by atoms with Gasteiger partial charge in [0.15, 0.2) is 0 Å². The van der Waals surface area contributed by atoms with E-state index in [-0.39, 0.29) is 49.6 Å². The first-order valence-electron chi connectivity index (χ1n) is 16.2. The predicted octanol–water partition coefficient (Wildman–Crippen LogP) is 6.77. The van der Waals surface area contributed by atoms with Gasteiger partial charge in [0.1, 0.15) is 47.7 Å². The minimum absolute atomic E-state index is 0.0101. The summed E-state index contributed by atoms with van der Waals surface area (Å²) in [5.74, 6) is -1.84. The number of aromatic nitrogens is 4. The Balaban J connectivity index is 1.39. The highest BCUT2D eigenvalue weighted by atomic mass is 32.1. The van der Waals surface area contributed by atoms with Crippen molar-refractivity contribution in [1.82, 2.24) is 29.5 Å². The molecule has 50 heavy (non-hydrogen) atoms. The van der Waals surface area contributed by atoms with Crippen molar-refractivity contribution < 1.29 is 31.8 Å². The summed E-state index contributed by atoms with van der Waals surface area (Å²) in [6, 6.07) is 8.98. The molecule has 0 radical (unpaired) electrons. The lowest BCUT2D eigenvalue weighted by Gasteiger charge is -2.33. The van der Waals surface area contributed by atoms with Crippen molar-refractivity contribution in [2.24, 2.45) is 0 Å². The maximum atomic E-state index is 16.1. The van der Waals surface area contributed by atoms with E-state index < -0.39 is 24.0 Å². The number of carbonyl (C=O) groups is 1. The SMILES string of the molecule is C=CC(=O)N1CCn2nc(-c3nc(-c4ccc(CN5C[C@@H](F)[C@@H](F)C5)nc4)c4ccsc4c3-c3c(F)cc(F)cc3OCCOC)cc2[C@H]1C. The fraction of sp³-hybridized carbons (Fsp3) is 0.333. The monoisotopic (exact) mass is 706 g/mol. The molecule has 1 aromatic carbocycles. The topological polar surface area (TPSA) is 85.6 Å². The summed E-state index contributed by atoms with van der Waals surface area (Å²) in [4.78, 5) is 25.7. The summed E-state index contributed by atoms with van der Waals surface area (Å²) in [5, 5.41) is 7.46. The second-order valence-electron chi connectivity index (χ2n) is 12.3. The zero-order valence-corrected chi connectivity index (χ0v) is 28.2. The zero-order valence-electron chi connectivity index (χ0n) is 27.4. The van der Waals surface area contributed by atoms with E-state index >= 15 is 4.39 Å². The van der Waals surface area contributed by atoms with Gasteiger partial charge in [-0.15, -0.1) is 11.3 Å². The van der Waals surface area contributed by atoms with Gasteiger partial charge in [-0.25, -0.2) is 22.5 Å². The molecule has 5 aromatic rings. The molecule has 0 unspecified atom stereocenters. The fourth-order valence-electron chi connectivity index (χ4n) is 6.65. The Morgan fingerprint density at radius 2 is 1.86 bits per heavy atom. The van der Waals surface area contributed by atoms with Gasteiger partial charge >= 0.3 is 0 Å². The van der Waals surface area contributed by atoms with Crippen molar-refractivity contribution in [3.8, 4) is 39.5 Å². The van der Waals surface area contributed by atoms with Gasteiger partial charge < -0.3 is 14.4 Å². The molecule has 4 aromatic heterocycles. The lowest BCUT2D eigenvalue weighted by Crippen LogP contribution is -2.40. The van der Waals surface area contributed by atoms with Crippen molar-refractivity contribution in [3.63, 3.8) is 0 Å². The van der Waals surface area contributed by atoms with E-state index in [2.05, 4.69) is 11.6 Å². The zero-order chi connectivity index (χ0) is 35.1. The van der Waals surface area contributed by atoms with Crippen LogP contribution in [0.5, 0.6) is 5.75 Å². The van der Waals surface area contributed by atoms with Gasteiger partial charge in [-0.1, -0.05) is 6.58 Å². The van der Waals surface area contributed by atoms with Crippen molar-refractivity contribution in [2.45, 2.75) is 38.4 Å². The normalized spacial score (nSPS) is 19.2. The average Bonchev–Trinajstić information content (AvgIpc) is 3.84. The molecular weight excluding hydrogens is 672 g/mol. The summed E-state index contributed by atoms with van der Waals surface area (Å²) in [5.41, 5.74) is 3.80. The number of benzene rings is 1. The van der Waals surface area contributed by atoms with Gasteiger partial charge in [-0.05, 0) is 42.6 Å². The molecule has 1 fully saturated rings. The first-order chi connectivity index (χ1) is 24.2. The highest BCUT2D eigenvalue weighted by Crippen LogP contribution is 2.47. The van der Waals surface area contributed by atoms with Crippen molar-refractivity contribution in [3.05, 3.63) is 83.7 Å². The number of ether oxygens (including phenoxy) is 2. The van der Waals surface area contributed by atoms with Crippen LogP contribution in [-0.2, 0) is 22.6 Å². The van der Waals surface area contributed by atoms with Crippen molar-refractivity contribution in [2.75, 3.05) is 40.0 Å². The summed E-state index contributed by atoms with van der Waals surface area (Å²) in [7, 11) is 1.50. The Labute approximate surface area is 289 Å². The second kappa shape index (κ2) is 13.9. The van der Waals surface area contributed by atoms with E-state index in [0.29, 0.717) is 63.6 Å². The molecule has 14 heteroatoms. The van der Waals surface area contributed by atoms with Gasteiger partial charge in [0, 0.05) is 72.8 Å². The minimum atomic E-state index is -1.51. The third kappa shape index (κ3) is 6.27. The lowest BCUT2D eigenvalue weighted by molar-refractivity contribution is -0.129. The number of hydrogen-bond acceptors (Lipinski definition) is 8. The third-order valence-electron chi connectivity index (χ3n) is 9.12. The van der Waals surface area contributed by atoms with Crippen LogP contribution >= 0.6 is 11.3 Å². The molecule has 1 amide bonds. The van der Waals surface area contributed by atoms with Gasteiger partial charge in [-0.2, -0.15) is 5.10 Å². The second-order valence-corrected chi connectivity index (χ2v) is 13.2. The Bertz CT molecular complexity index is 2060. The number of carbonyl (C=O) groups excluding carboxylic acids is 1. The maximum Gasteiger partial charge on any atom is 0.246 e. The summed E-state index contributed by atoms with van der Waals surface area (Å²) < 4.78 is 71.8. The minimum Gasteiger partial charge on any atom is -0.490 e. The molecule has 0 N–H and O–H groups in total. The molecular formula is C36H34F4N6O3S. The number of amides is 1. The van der Waals surface area contributed by atoms with Crippen LogP contribution in [0, 0.1) is 11.6 Å². The smallest absolute Gasteiger partial charge is 0.246 e. The lowest BCUT2D eigenvalue weighted by atomic mass is 9.96. The predicted molar refractivity (Wildman–Crippen MR) is 182 cm³/mol. The summed E-state index contributed by atoms with van der Waals surface area (Å²) in [6.45, 7) is 6.95. The highest BCUT2D eigenvalue weighted by Gasteiger charge is 2.33. The molecule has 0 bridgehead atoms. The van der Waals surface area contributed by atoms with E-state index in [9.17, 15) is 18.0 Å². The van der Waals surface area contributed by atoms with E-state index in [0.717, 1.165) is 17.8 Å². The number of nitrogens with zero attached hydrogens (tertiary/aromatic N) is 6. The number of rotatable bonds is 10. The number of halogens is 4. The number of pyridine rings is 2. The first-order valence-corrected chi connectivity index (χ1v) is 17.0. The van der Waals surface area contributed by atoms with E-state index in [4.69, 9.17) is 19.6 Å². The van der Waals surface area contributed by atoms with Crippen LogP contribution < -0.4 is 4.74 Å². The molecule has 9 nitrogen and oxygen atoms in total. The van der Waals surface area contributed by atoms with E-state index in [1.54, 1.807) is 22.1 Å². The first kappa shape index (κ1) is 33.8. The number of thiophene rings is 1. The van der Waals surface area contributed by atoms with Crippen molar-refractivity contribution in [1.29, 1.82) is 0 Å². The molecule has 3 atom stereocenters. The Hall–Kier alpha value is -4.66. The largest absolute Gasteiger partial charge is 0.490 e. The summed E-state index contributed by atoms with van der Waals surface area (Å²) in [6.07, 6.45) is -0.0874. The van der Waals surface area contributed by atoms with E-state index in [1.807, 2.05) is 35.2 Å². The Morgan fingerprint density at radius 1 is 1.06 bits per heavy atom. The molecule has 1 saturated heterocycles. The number of methoxy groups -OCH3 is 1. The van der Waals surface area contributed by atoms with Crippen LogP contribution in [0.3, 0.4) is 0 Å². The highest BCUT2D eigenvalue weighted by molar-refractivity contribution is 7.18. The summed E-state index contributed by atoms with van der Waals surface area (Å²) >= 11 is 1.37. The van der Waals surface area contributed by atoms with Crippen LogP contribution in [0.1, 0.15) is 24.4 Å². The number of fused-ring (bicyclic) bond motifs is 2. The van der Waals surface area contributed by atoms with Gasteiger partial charge in [-0.3, -0.25) is 19.4 Å². The number of alkyl halides is 2. The van der Waals surface area contributed by atoms with Crippen LogP contribution in [0.4, 0.5) is 17.6 Å². The number of likely N-dealkylation sites (tertiary alicyclic amines) is 1. The molecule has 0 aliphatic carbocycles. The standard InChI is InChI=1S/C36H34F4N6O3S/c1-4-31(47)45-8-9-46-29(20(45)2)15-28(43-46)35-33(32-25(38)13-22(37)14-30(32)49-11-10-48-3)36-24(7-12-50-36)34(42-35)21-5-6-23(41-16-21)17-44-18-26(39)27(40)19-44/h4-7,12-16,20,26-27H,1,8-11,17-19H2,2-3H3/t20-,26-,27+/m1/s1. The van der Waals surface area contributed by atoms with Crippen LogP contribution in [-0.4, -0.2) is 87.8 Å². The molecule has 260 valence electrons. The number of hydrogen-bond donors (Lipinski definition) is 0. The fourth-order valence-corrected chi connectivity index (χ4v) is 7.60. The Morgan fingerprint density at radius 3 is 2.58 bits per heavy atom. The van der Waals surface area contributed by atoms with Gasteiger partial charge in [0.2, 0.25) is 5.91 Å². The quantitative estimate of drug-likeness (QED) is 0.0901. The van der Waals surface area contributed by atoms with Crippen molar-refractivity contribution >= 4 is 27.3 Å². The van der Waals surface area contributed by atoms with Crippen LogP contribution in [0.25, 0.3) is 43.9 Å². The van der Waals surface area contributed by atoms with Crippen LogP contribution in [0.15, 0.2) is 60.6 Å². The third-order valence-corrected chi connectivity index (χ3v) is 10.1. The molecule has 7 rings (SSSR count). The van der Waals surface area contributed by atoms with Gasteiger partial charge in [0.25, 0.3) is 0 Å². The molecule has 2 aliphatic heterocycles. The average molecular weight is 707 g/mol. The molecule has 0 spiro atoms. The van der Waals surface area contributed by atoms with Crippen LogP contribution in [0.2, 0.25) is 0 Å². The molecule has 6 heterocycles. The molecule has 2 aliphatic rings. The van der Waals surface area contributed by atoms with E-state index in [1.165, 1.54) is 24.5 Å². The molecule has 0 saturated carbocycles. The van der Waals surface area contributed by atoms with Gasteiger partial charge in [0.05, 0.1) is 41.8 Å².